The first kappa shape index (κ1) is 11.7. The van der Waals surface area contributed by atoms with Gasteiger partial charge in [-0.3, -0.25) is 4.79 Å². The molecule has 0 aliphatic heterocycles. The first-order valence-corrected chi connectivity index (χ1v) is 6.43. The number of hydrogen-bond donors (Lipinski definition) is 1. The zero-order valence-electron chi connectivity index (χ0n) is 7.78. The van der Waals surface area contributed by atoms with Crippen LogP contribution in [0.5, 0.6) is 0 Å². The maximum Gasteiger partial charge on any atom is 0.269 e. The molecule has 0 fully saturated rings. The smallest absolute Gasteiger partial charge is 0.269 e. The second-order valence-corrected chi connectivity index (χ2v) is 5.24. The molecule has 0 aliphatic carbocycles. The van der Waals surface area contributed by atoms with Crippen LogP contribution in [0.15, 0.2) is 24.4 Å². The minimum Gasteiger partial charge on any atom is -0.320 e. The van der Waals surface area contributed by atoms with E-state index in [1.165, 1.54) is 6.20 Å². The second-order valence-electron chi connectivity index (χ2n) is 2.86. The summed E-state index contributed by atoms with van der Waals surface area (Å²) in [6.45, 7) is 0. The molecule has 4 nitrogen and oxygen atoms in total. The highest BCUT2D eigenvalue weighted by molar-refractivity contribution is 14.1. The largest absolute Gasteiger partial charge is 0.320 e. The van der Waals surface area contributed by atoms with Gasteiger partial charge in [0.2, 0.25) is 0 Å². The highest BCUT2D eigenvalue weighted by Gasteiger charge is 2.10. The van der Waals surface area contributed by atoms with Crippen LogP contribution in [0.2, 0.25) is 5.02 Å². The number of amides is 1. The Balaban J connectivity index is 2.18. The average molecular weight is 366 g/mol. The van der Waals surface area contributed by atoms with Gasteiger partial charge in [-0.1, -0.05) is 16.1 Å². The molecule has 0 unspecified atom stereocenters. The maximum atomic E-state index is 11.7. The molecular formula is C9H5ClIN3OS. The number of carbonyl (C=O) groups excluding carboxylic acids is 1. The van der Waals surface area contributed by atoms with Gasteiger partial charge in [0.05, 0.1) is 11.9 Å². The van der Waals surface area contributed by atoms with Gasteiger partial charge in [0, 0.05) is 8.59 Å². The Morgan fingerprint density at radius 1 is 1.50 bits per heavy atom. The summed E-state index contributed by atoms with van der Waals surface area (Å²) in [4.78, 5) is 12.2. The van der Waals surface area contributed by atoms with Crippen LogP contribution in [0.3, 0.4) is 0 Å². The molecule has 0 spiro atoms. The SMILES string of the molecule is O=C(Nc1ccc(Cl)cc1I)c1cnns1. The number of aromatic nitrogens is 2. The fraction of sp³-hybridized carbons (Fsp3) is 0. The summed E-state index contributed by atoms with van der Waals surface area (Å²) in [6.07, 6.45) is 1.43. The number of rotatable bonds is 2. The number of anilines is 1. The van der Waals surface area contributed by atoms with Gasteiger partial charge >= 0.3 is 0 Å². The van der Waals surface area contributed by atoms with E-state index in [1.54, 1.807) is 18.2 Å². The van der Waals surface area contributed by atoms with Crippen molar-refractivity contribution in [2.45, 2.75) is 0 Å². The fourth-order valence-electron chi connectivity index (χ4n) is 1.04. The minimum absolute atomic E-state index is 0.213. The second kappa shape index (κ2) is 5.07. The highest BCUT2D eigenvalue weighted by atomic mass is 127. The van der Waals surface area contributed by atoms with Crippen molar-refractivity contribution >= 4 is 57.3 Å². The molecule has 82 valence electrons. The number of nitrogens with one attached hydrogen (secondary N) is 1. The minimum atomic E-state index is -0.213. The molecule has 0 bridgehead atoms. The molecule has 2 aromatic rings. The first-order valence-electron chi connectivity index (χ1n) is 4.20. The molecule has 0 radical (unpaired) electrons. The van der Waals surface area contributed by atoms with E-state index in [9.17, 15) is 4.79 Å². The van der Waals surface area contributed by atoms with E-state index in [1.807, 2.05) is 0 Å². The summed E-state index contributed by atoms with van der Waals surface area (Å²) in [7, 11) is 0. The van der Waals surface area contributed by atoms with E-state index in [-0.39, 0.29) is 5.91 Å². The Kier molecular flexibility index (Phi) is 3.72. The molecule has 0 saturated heterocycles. The summed E-state index contributed by atoms with van der Waals surface area (Å²) in [5, 5.41) is 7.01. The van der Waals surface area contributed by atoms with E-state index in [0.29, 0.717) is 9.90 Å². The highest BCUT2D eigenvalue weighted by Crippen LogP contribution is 2.22. The lowest BCUT2D eigenvalue weighted by Gasteiger charge is -2.05. The number of halogens is 2. The predicted octanol–water partition coefficient (Wildman–Crippen LogP) is 3.05. The van der Waals surface area contributed by atoms with Crippen molar-refractivity contribution in [1.82, 2.24) is 9.59 Å². The van der Waals surface area contributed by atoms with Crippen LogP contribution in [-0.4, -0.2) is 15.5 Å². The van der Waals surface area contributed by atoms with Gasteiger partial charge in [0.15, 0.2) is 0 Å². The summed E-state index contributed by atoms with van der Waals surface area (Å²) in [5.74, 6) is -0.213. The van der Waals surface area contributed by atoms with Crippen LogP contribution in [0.25, 0.3) is 0 Å². The Morgan fingerprint density at radius 3 is 2.94 bits per heavy atom. The topological polar surface area (TPSA) is 54.9 Å². The van der Waals surface area contributed by atoms with Crippen LogP contribution in [0.1, 0.15) is 9.67 Å². The Hall–Kier alpha value is -0.730. The monoisotopic (exact) mass is 365 g/mol. The zero-order valence-corrected chi connectivity index (χ0v) is 11.5. The number of nitrogens with zero attached hydrogens (tertiary/aromatic N) is 2. The molecule has 0 aliphatic rings. The molecule has 16 heavy (non-hydrogen) atoms. The van der Waals surface area contributed by atoms with Crippen LogP contribution in [0.4, 0.5) is 5.69 Å². The summed E-state index contributed by atoms with van der Waals surface area (Å²) in [5.41, 5.74) is 0.725. The number of benzene rings is 1. The lowest BCUT2D eigenvalue weighted by atomic mass is 10.3. The summed E-state index contributed by atoms with van der Waals surface area (Å²) >= 11 is 8.99. The maximum absolute atomic E-state index is 11.7. The molecule has 0 saturated carbocycles. The average Bonchev–Trinajstić information content (AvgIpc) is 2.75. The molecule has 7 heteroatoms. The van der Waals surface area contributed by atoms with Crippen molar-refractivity contribution in [3.63, 3.8) is 0 Å². The van der Waals surface area contributed by atoms with Crippen molar-refractivity contribution in [2.24, 2.45) is 0 Å². The first-order chi connectivity index (χ1) is 7.66. The molecular weight excluding hydrogens is 361 g/mol. The third-order valence-electron chi connectivity index (χ3n) is 1.76. The van der Waals surface area contributed by atoms with E-state index < -0.39 is 0 Å². The van der Waals surface area contributed by atoms with E-state index >= 15 is 0 Å². The normalized spacial score (nSPS) is 10.1. The summed E-state index contributed by atoms with van der Waals surface area (Å²) in [6, 6.07) is 5.27. The third kappa shape index (κ3) is 2.69. The summed E-state index contributed by atoms with van der Waals surface area (Å²) < 4.78 is 4.51. The molecule has 1 aromatic carbocycles. The van der Waals surface area contributed by atoms with Crippen LogP contribution < -0.4 is 5.32 Å². The molecule has 1 aromatic heterocycles. The molecule has 0 atom stereocenters. The van der Waals surface area contributed by atoms with Crippen molar-refractivity contribution in [3.05, 3.63) is 37.9 Å². The van der Waals surface area contributed by atoms with Gasteiger partial charge in [-0.15, -0.1) is 5.10 Å². The van der Waals surface area contributed by atoms with Crippen LogP contribution >= 0.6 is 45.7 Å². The van der Waals surface area contributed by atoms with Gasteiger partial charge in [-0.05, 0) is 52.3 Å². The Morgan fingerprint density at radius 2 is 2.31 bits per heavy atom. The molecule has 1 amide bonds. The Labute approximate surface area is 114 Å². The van der Waals surface area contributed by atoms with E-state index in [4.69, 9.17) is 11.6 Å². The Bertz CT molecular complexity index is 517. The van der Waals surface area contributed by atoms with Crippen molar-refractivity contribution in [2.75, 3.05) is 5.32 Å². The van der Waals surface area contributed by atoms with E-state index in [0.717, 1.165) is 20.8 Å². The third-order valence-corrected chi connectivity index (χ3v) is 3.56. The lowest BCUT2D eigenvalue weighted by Crippen LogP contribution is -2.11. The number of carbonyl (C=O) groups is 1. The van der Waals surface area contributed by atoms with Gasteiger partial charge < -0.3 is 5.32 Å². The quantitative estimate of drug-likeness (QED) is 0.832. The van der Waals surface area contributed by atoms with Crippen LogP contribution in [0, 0.1) is 3.57 Å². The van der Waals surface area contributed by atoms with Crippen molar-refractivity contribution in [3.8, 4) is 0 Å². The molecule has 2 rings (SSSR count). The predicted molar refractivity (Wildman–Crippen MR) is 72.0 cm³/mol. The molecule has 1 heterocycles. The lowest BCUT2D eigenvalue weighted by molar-refractivity contribution is 0.103. The van der Waals surface area contributed by atoms with Gasteiger partial charge in [-0.2, -0.15) is 0 Å². The fourth-order valence-corrected chi connectivity index (χ4v) is 2.46. The standard InChI is InChI=1S/C9H5ClIN3OS/c10-5-1-2-7(6(11)3-5)13-9(15)8-4-12-14-16-8/h1-4H,(H,13,15). The van der Waals surface area contributed by atoms with Crippen LogP contribution in [-0.2, 0) is 0 Å². The van der Waals surface area contributed by atoms with Crippen molar-refractivity contribution in [1.29, 1.82) is 0 Å². The van der Waals surface area contributed by atoms with Crippen molar-refractivity contribution < 1.29 is 4.79 Å². The van der Waals surface area contributed by atoms with Gasteiger partial charge in [-0.25, -0.2) is 0 Å². The number of hydrogen-bond acceptors (Lipinski definition) is 4. The van der Waals surface area contributed by atoms with Gasteiger partial charge in [0.1, 0.15) is 4.88 Å². The molecule has 1 N–H and O–H groups in total. The van der Waals surface area contributed by atoms with E-state index in [2.05, 4.69) is 37.5 Å². The van der Waals surface area contributed by atoms with Gasteiger partial charge in [0.25, 0.3) is 5.91 Å². The zero-order chi connectivity index (χ0) is 11.5.